The van der Waals surface area contributed by atoms with Crippen molar-refractivity contribution in [1.29, 1.82) is 0 Å². The van der Waals surface area contributed by atoms with E-state index in [1.54, 1.807) is 6.92 Å². The second-order valence-corrected chi connectivity index (χ2v) is 3.89. The first-order chi connectivity index (χ1) is 8.30. The molecule has 0 fully saturated rings. The van der Waals surface area contributed by atoms with Gasteiger partial charge in [-0.15, -0.1) is 13.2 Å². The highest BCUT2D eigenvalue weighted by Gasteiger charge is 2.32. The lowest BCUT2D eigenvalue weighted by Crippen LogP contribution is -2.30. The highest BCUT2D eigenvalue weighted by Crippen LogP contribution is 2.30. The Kier molecular flexibility index (Phi) is 4.59. The van der Waals surface area contributed by atoms with Crippen LogP contribution < -0.4 is 4.74 Å². The molecule has 1 rings (SSSR count). The summed E-state index contributed by atoms with van der Waals surface area (Å²) in [4.78, 5) is 0. The zero-order valence-corrected chi connectivity index (χ0v) is 10.1. The molecule has 1 aromatic carbocycles. The Balaban J connectivity index is 3.00. The van der Waals surface area contributed by atoms with E-state index in [1.807, 2.05) is 0 Å². The molecular weight excluding hydrogens is 249 g/mol. The van der Waals surface area contributed by atoms with Gasteiger partial charge in [-0.05, 0) is 24.1 Å². The molecule has 0 radical (unpaired) electrons. The second-order valence-electron chi connectivity index (χ2n) is 3.89. The van der Waals surface area contributed by atoms with Gasteiger partial charge in [-0.1, -0.05) is 19.1 Å². The molecule has 0 aliphatic heterocycles. The fourth-order valence-electron chi connectivity index (χ4n) is 1.61. The van der Waals surface area contributed by atoms with Crippen molar-refractivity contribution in [1.82, 2.24) is 0 Å². The summed E-state index contributed by atoms with van der Waals surface area (Å²) >= 11 is 0. The van der Waals surface area contributed by atoms with Crippen LogP contribution in [0.3, 0.4) is 0 Å². The average molecular weight is 264 g/mol. The minimum Gasteiger partial charge on any atom is -0.406 e. The van der Waals surface area contributed by atoms with E-state index in [9.17, 15) is 18.3 Å². The molecule has 1 N–H and O–H groups in total. The van der Waals surface area contributed by atoms with Gasteiger partial charge in [0.05, 0.1) is 6.61 Å². The van der Waals surface area contributed by atoms with E-state index < -0.39 is 12.0 Å². The normalized spacial score (nSPS) is 15.2. The Labute approximate surface area is 103 Å². The summed E-state index contributed by atoms with van der Waals surface area (Å²) in [5.41, 5.74) is -0.992. The summed E-state index contributed by atoms with van der Waals surface area (Å²) in [6.45, 7) is 1.72. The van der Waals surface area contributed by atoms with Crippen molar-refractivity contribution in [3.63, 3.8) is 0 Å². The molecule has 6 heteroatoms. The summed E-state index contributed by atoms with van der Waals surface area (Å²) in [5, 5.41) is 10.3. The minimum absolute atomic E-state index is 0.00102. The number of hydrogen-bond acceptors (Lipinski definition) is 3. The number of halogens is 3. The molecule has 102 valence electrons. The van der Waals surface area contributed by atoms with Gasteiger partial charge in [0.1, 0.15) is 11.4 Å². The summed E-state index contributed by atoms with van der Waals surface area (Å²) in [6, 6.07) is 5.27. The van der Waals surface area contributed by atoms with Crippen molar-refractivity contribution in [3.8, 4) is 5.75 Å². The van der Waals surface area contributed by atoms with Gasteiger partial charge < -0.3 is 14.6 Å². The van der Waals surface area contributed by atoms with Gasteiger partial charge in [0.25, 0.3) is 0 Å². The zero-order chi connectivity index (χ0) is 13.8. The first-order valence-electron chi connectivity index (χ1n) is 5.38. The van der Waals surface area contributed by atoms with Crippen molar-refractivity contribution < 1.29 is 27.8 Å². The largest absolute Gasteiger partial charge is 0.573 e. The van der Waals surface area contributed by atoms with Crippen LogP contribution in [-0.4, -0.2) is 25.2 Å². The summed E-state index contributed by atoms with van der Waals surface area (Å²) < 4.78 is 45.0. The summed E-state index contributed by atoms with van der Waals surface area (Å²) in [7, 11) is 1.41. The third-order valence-electron chi connectivity index (χ3n) is 2.57. The van der Waals surface area contributed by atoms with Gasteiger partial charge in [-0.25, -0.2) is 0 Å². The van der Waals surface area contributed by atoms with Gasteiger partial charge in [0, 0.05) is 7.11 Å². The molecule has 1 aromatic rings. The SMILES string of the molecule is CCC(O)(COC)c1cccc(OC(F)(F)F)c1. The average Bonchev–Trinajstić information content (AvgIpc) is 2.27. The molecule has 0 spiro atoms. The lowest BCUT2D eigenvalue weighted by atomic mass is 9.92. The van der Waals surface area contributed by atoms with Crippen molar-refractivity contribution in [2.45, 2.75) is 25.3 Å². The summed E-state index contributed by atoms with van der Waals surface area (Å²) in [5.74, 6) is -0.358. The highest BCUT2D eigenvalue weighted by atomic mass is 19.4. The van der Waals surface area contributed by atoms with Crippen molar-refractivity contribution >= 4 is 0 Å². The van der Waals surface area contributed by atoms with Gasteiger partial charge in [0.2, 0.25) is 0 Å². The molecule has 1 atom stereocenters. The molecule has 0 aliphatic rings. The van der Waals surface area contributed by atoms with Crippen LogP contribution in [0.15, 0.2) is 24.3 Å². The first kappa shape index (κ1) is 14.8. The number of methoxy groups -OCH3 is 1. The van der Waals surface area contributed by atoms with Gasteiger partial charge in [0.15, 0.2) is 0 Å². The molecule has 0 aromatic heterocycles. The van der Waals surface area contributed by atoms with Crippen molar-refractivity contribution in [2.75, 3.05) is 13.7 Å². The van der Waals surface area contributed by atoms with Crippen LogP contribution in [-0.2, 0) is 10.3 Å². The third kappa shape index (κ3) is 3.89. The maximum absolute atomic E-state index is 12.1. The van der Waals surface area contributed by atoms with Crippen LogP contribution in [0.25, 0.3) is 0 Å². The topological polar surface area (TPSA) is 38.7 Å². The quantitative estimate of drug-likeness (QED) is 0.888. The Morgan fingerprint density at radius 1 is 1.28 bits per heavy atom. The van der Waals surface area contributed by atoms with Crippen LogP contribution in [0.1, 0.15) is 18.9 Å². The first-order valence-corrected chi connectivity index (χ1v) is 5.38. The fourth-order valence-corrected chi connectivity index (χ4v) is 1.61. The smallest absolute Gasteiger partial charge is 0.406 e. The lowest BCUT2D eigenvalue weighted by molar-refractivity contribution is -0.274. The minimum atomic E-state index is -4.75. The Bertz CT molecular complexity index is 392. The van der Waals surface area contributed by atoms with E-state index in [0.29, 0.717) is 12.0 Å². The van der Waals surface area contributed by atoms with Crippen molar-refractivity contribution in [2.24, 2.45) is 0 Å². The number of ether oxygens (including phenoxy) is 2. The molecule has 3 nitrogen and oxygen atoms in total. The van der Waals surface area contributed by atoms with Crippen LogP contribution >= 0.6 is 0 Å². The van der Waals surface area contributed by atoms with E-state index in [0.717, 1.165) is 6.07 Å². The highest BCUT2D eigenvalue weighted by molar-refractivity contribution is 5.32. The lowest BCUT2D eigenvalue weighted by Gasteiger charge is -2.26. The second kappa shape index (κ2) is 5.58. The number of aliphatic hydroxyl groups is 1. The third-order valence-corrected chi connectivity index (χ3v) is 2.57. The molecule has 0 amide bonds. The van der Waals surface area contributed by atoms with Gasteiger partial charge in [-0.3, -0.25) is 0 Å². The Morgan fingerprint density at radius 2 is 1.94 bits per heavy atom. The Hall–Kier alpha value is -1.27. The van der Waals surface area contributed by atoms with E-state index in [1.165, 1.54) is 25.3 Å². The maximum Gasteiger partial charge on any atom is 0.573 e. The molecule has 0 heterocycles. The van der Waals surface area contributed by atoms with Crippen LogP contribution in [0.4, 0.5) is 13.2 Å². The van der Waals surface area contributed by atoms with E-state index in [-0.39, 0.29) is 12.4 Å². The van der Waals surface area contributed by atoms with Crippen LogP contribution in [0.2, 0.25) is 0 Å². The number of rotatable bonds is 5. The Morgan fingerprint density at radius 3 is 2.44 bits per heavy atom. The van der Waals surface area contributed by atoms with Gasteiger partial charge >= 0.3 is 6.36 Å². The predicted molar refractivity (Wildman–Crippen MR) is 59.2 cm³/mol. The molecular formula is C12H15F3O3. The number of alkyl halides is 3. The van der Waals surface area contributed by atoms with E-state index in [4.69, 9.17) is 4.74 Å². The number of hydrogen-bond donors (Lipinski definition) is 1. The molecule has 1 unspecified atom stereocenters. The number of benzene rings is 1. The molecule has 18 heavy (non-hydrogen) atoms. The van der Waals surface area contributed by atoms with E-state index in [2.05, 4.69) is 4.74 Å². The maximum atomic E-state index is 12.1. The standard InChI is InChI=1S/C12H15F3O3/c1-3-11(16,8-17-2)9-5-4-6-10(7-9)18-12(13,14)15/h4-7,16H,3,8H2,1-2H3. The monoisotopic (exact) mass is 264 g/mol. The molecule has 0 saturated carbocycles. The summed E-state index contributed by atoms with van der Waals surface area (Å²) in [6.07, 6.45) is -4.43. The van der Waals surface area contributed by atoms with Crippen LogP contribution in [0.5, 0.6) is 5.75 Å². The predicted octanol–water partition coefficient (Wildman–Crippen LogP) is 2.83. The van der Waals surface area contributed by atoms with E-state index >= 15 is 0 Å². The molecule has 0 aliphatic carbocycles. The van der Waals surface area contributed by atoms with Gasteiger partial charge in [-0.2, -0.15) is 0 Å². The van der Waals surface area contributed by atoms with Crippen molar-refractivity contribution in [3.05, 3.63) is 29.8 Å². The fraction of sp³-hybridized carbons (Fsp3) is 0.500. The zero-order valence-electron chi connectivity index (χ0n) is 10.1. The molecule has 0 saturated heterocycles. The molecule has 0 bridgehead atoms. The van der Waals surface area contributed by atoms with Crippen LogP contribution in [0, 0.1) is 0 Å².